The Morgan fingerprint density at radius 2 is 1.81 bits per heavy atom. The fraction of sp³-hybridized carbons (Fsp3) is 0.273. The molecule has 168 valence electrons. The molecule has 0 aliphatic carbocycles. The number of nitro benzene ring substituents is 1. The molecule has 0 bridgehead atoms. The number of non-ortho nitro benzene ring substituents is 1. The van der Waals surface area contributed by atoms with E-state index in [9.17, 15) is 23.3 Å². The van der Waals surface area contributed by atoms with Crippen molar-refractivity contribution < 1.29 is 18.1 Å². The van der Waals surface area contributed by atoms with Gasteiger partial charge in [-0.05, 0) is 30.7 Å². The summed E-state index contributed by atoms with van der Waals surface area (Å²) >= 11 is 0. The highest BCUT2D eigenvalue weighted by Crippen LogP contribution is 2.28. The zero-order valence-corrected chi connectivity index (χ0v) is 19.2. The Kier molecular flexibility index (Phi) is 5.92. The van der Waals surface area contributed by atoms with Crippen molar-refractivity contribution in [3.63, 3.8) is 0 Å². The minimum Gasteiger partial charge on any atom is -0.306 e. The van der Waals surface area contributed by atoms with Gasteiger partial charge in [0.05, 0.1) is 21.2 Å². The zero-order valence-electron chi connectivity index (χ0n) is 18.4. The normalized spacial score (nSPS) is 11.9. The first-order valence-electron chi connectivity index (χ1n) is 9.74. The number of aryl methyl sites for hydroxylation is 1. The van der Waals surface area contributed by atoms with E-state index < -0.39 is 26.4 Å². The van der Waals surface area contributed by atoms with Crippen LogP contribution in [0.15, 0.2) is 53.4 Å². The highest BCUT2D eigenvalue weighted by Gasteiger charge is 2.23. The summed E-state index contributed by atoms with van der Waals surface area (Å²) in [5.41, 5.74) is 1.53. The van der Waals surface area contributed by atoms with Crippen LogP contribution < -0.4 is 5.32 Å². The predicted octanol–water partition coefficient (Wildman–Crippen LogP) is 4.04. The Bertz CT molecular complexity index is 1320. The highest BCUT2D eigenvalue weighted by molar-refractivity contribution is 7.90. The molecule has 1 N–H and O–H groups in total. The first kappa shape index (κ1) is 23.1. The molecule has 9 nitrogen and oxygen atoms in total. The maximum Gasteiger partial charge on any atom is 0.271 e. The van der Waals surface area contributed by atoms with E-state index >= 15 is 0 Å². The van der Waals surface area contributed by atoms with Gasteiger partial charge < -0.3 is 5.32 Å². The third-order valence-corrected chi connectivity index (χ3v) is 5.85. The van der Waals surface area contributed by atoms with E-state index in [2.05, 4.69) is 10.4 Å². The molecule has 0 saturated heterocycles. The van der Waals surface area contributed by atoms with Crippen LogP contribution in [0, 0.1) is 17.0 Å². The number of hydrogen-bond donors (Lipinski definition) is 1. The van der Waals surface area contributed by atoms with Crippen LogP contribution in [0.5, 0.6) is 0 Å². The topological polar surface area (TPSA) is 124 Å². The van der Waals surface area contributed by atoms with E-state index in [4.69, 9.17) is 0 Å². The van der Waals surface area contributed by atoms with E-state index in [1.54, 1.807) is 10.7 Å². The first-order valence-corrected chi connectivity index (χ1v) is 11.6. The van der Waals surface area contributed by atoms with E-state index in [1.807, 2.05) is 52.0 Å². The van der Waals surface area contributed by atoms with Gasteiger partial charge in [0.15, 0.2) is 9.84 Å². The van der Waals surface area contributed by atoms with Gasteiger partial charge in [-0.3, -0.25) is 14.9 Å². The van der Waals surface area contributed by atoms with Gasteiger partial charge in [0, 0.05) is 35.4 Å². The van der Waals surface area contributed by atoms with Crippen molar-refractivity contribution in [3.05, 3.63) is 75.5 Å². The summed E-state index contributed by atoms with van der Waals surface area (Å²) in [6.45, 7) is 7.90. The van der Waals surface area contributed by atoms with Gasteiger partial charge in [0.2, 0.25) is 0 Å². The van der Waals surface area contributed by atoms with E-state index in [0.717, 1.165) is 41.4 Å². The van der Waals surface area contributed by atoms with E-state index in [-0.39, 0.29) is 15.9 Å². The number of nitrogens with one attached hydrogen (secondary N) is 1. The molecule has 0 aliphatic heterocycles. The van der Waals surface area contributed by atoms with Gasteiger partial charge in [-0.15, -0.1) is 0 Å². The third-order valence-electron chi connectivity index (χ3n) is 4.76. The van der Waals surface area contributed by atoms with Crippen molar-refractivity contribution in [2.45, 2.75) is 38.0 Å². The third kappa shape index (κ3) is 5.02. The number of sulfone groups is 1. The Morgan fingerprint density at radius 1 is 1.12 bits per heavy atom. The van der Waals surface area contributed by atoms with Gasteiger partial charge in [0.25, 0.3) is 11.6 Å². The molecule has 0 radical (unpaired) electrons. The number of nitrogens with zero attached hydrogens (tertiary/aromatic N) is 3. The Labute approximate surface area is 186 Å². The van der Waals surface area contributed by atoms with Crippen LogP contribution in [-0.2, 0) is 15.3 Å². The Hall–Kier alpha value is -3.53. The summed E-state index contributed by atoms with van der Waals surface area (Å²) in [5.74, 6) is -0.328. The number of anilines is 1. The zero-order chi connectivity index (χ0) is 23.8. The van der Waals surface area contributed by atoms with Crippen LogP contribution >= 0.6 is 0 Å². The Morgan fingerprint density at radius 3 is 2.38 bits per heavy atom. The smallest absolute Gasteiger partial charge is 0.271 e. The van der Waals surface area contributed by atoms with Crippen LogP contribution in [0.1, 0.15) is 42.4 Å². The molecule has 1 amide bonds. The lowest BCUT2D eigenvalue weighted by Crippen LogP contribution is -2.16. The van der Waals surface area contributed by atoms with Crippen molar-refractivity contribution >= 4 is 27.2 Å². The molecule has 0 fully saturated rings. The van der Waals surface area contributed by atoms with Gasteiger partial charge in [-0.25, -0.2) is 13.1 Å². The highest BCUT2D eigenvalue weighted by atomic mass is 32.2. The number of carbonyl (C=O) groups is 1. The minimum absolute atomic E-state index is 0.145. The first-order chi connectivity index (χ1) is 14.8. The molecule has 10 heteroatoms. The fourth-order valence-corrected chi connectivity index (χ4v) is 3.69. The monoisotopic (exact) mass is 456 g/mol. The standard InChI is InChI=1S/C22H24N4O5S/c1-14-7-6-8-16(9-14)25-20(13-19(24-25)22(2,3)4)23-21(27)15-10-17(26(28)29)12-18(11-15)32(5,30)31/h6-13H,1-5H3,(H,23,27). The van der Waals surface area contributed by atoms with Crippen molar-refractivity contribution in [2.75, 3.05) is 11.6 Å². The molecule has 32 heavy (non-hydrogen) atoms. The molecule has 1 aromatic heterocycles. The molecule has 0 aliphatic rings. The molecule has 0 saturated carbocycles. The number of benzene rings is 2. The van der Waals surface area contributed by atoms with Gasteiger partial charge >= 0.3 is 0 Å². The molecule has 1 heterocycles. The molecule has 2 aromatic carbocycles. The van der Waals surface area contributed by atoms with E-state index in [0.29, 0.717) is 5.82 Å². The van der Waals surface area contributed by atoms with Crippen LogP contribution in [0.3, 0.4) is 0 Å². The average molecular weight is 457 g/mol. The number of rotatable bonds is 5. The van der Waals surface area contributed by atoms with Crippen LogP contribution in [0.25, 0.3) is 5.69 Å². The predicted molar refractivity (Wildman–Crippen MR) is 121 cm³/mol. The van der Waals surface area contributed by atoms with Crippen molar-refractivity contribution in [1.82, 2.24) is 9.78 Å². The minimum atomic E-state index is -3.76. The fourth-order valence-electron chi connectivity index (χ4n) is 3.02. The lowest BCUT2D eigenvalue weighted by Gasteiger charge is -2.14. The average Bonchev–Trinajstić information content (AvgIpc) is 3.11. The van der Waals surface area contributed by atoms with Crippen LogP contribution in [0.2, 0.25) is 0 Å². The summed E-state index contributed by atoms with van der Waals surface area (Å²) in [7, 11) is -3.76. The van der Waals surface area contributed by atoms with Crippen molar-refractivity contribution in [3.8, 4) is 5.69 Å². The molecule has 0 unspecified atom stereocenters. The van der Waals surface area contributed by atoms with Crippen LogP contribution in [0.4, 0.5) is 11.5 Å². The Balaban J connectivity index is 2.09. The number of hydrogen-bond acceptors (Lipinski definition) is 6. The second-order valence-corrected chi connectivity index (χ2v) is 10.6. The number of carbonyl (C=O) groups excluding carboxylic acids is 1. The molecular weight excluding hydrogens is 432 g/mol. The second kappa shape index (κ2) is 8.19. The van der Waals surface area contributed by atoms with Crippen molar-refractivity contribution in [2.24, 2.45) is 0 Å². The molecule has 3 aromatic rings. The molecule has 0 spiro atoms. The summed E-state index contributed by atoms with van der Waals surface area (Å²) in [6, 6.07) is 12.4. The summed E-state index contributed by atoms with van der Waals surface area (Å²) in [4.78, 5) is 23.2. The SMILES string of the molecule is Cc1cccc(-n2nc(C(C)(C)C)cc2NC(=O)c2cc([N+](=O)[O-])cc(S(C)(=O)=O)c2)c1. The summed E-state index contributed by atoms with van der Waals surface area (Å²) in [5, 5.41) is 18.6. The van der Waals surface area contributed by atoms with Crippen molar-refractivity contribution in [1.29, 1.82) is 0 Å². The quantitative estimate of drug-likeness (QED) is 0.456. The number of nitro groups is 1. The van der Waals surface area contributed by atoms with Gasteiger partial charge in [-0.1, -0.05) is 32.9 Å². The lowest BCUT2D eigenvalue weighted by atomic mass is 9.92. The maximum absolute atomic E-state index is 13.0. The molecular formula is C22H24N4O5S. The maximum atomic E-state index is 13.0. The van der Waals surface area contributed by atoms with Crippen LogP contribution in [-0.4, -0.2) is 35.3 Å². The summed E-state index contributed by atoms with van der Waals surface area (Å²) in [6.07, 6.45) is 0.927. The number of amides is 1. The lowest BCUT2D eigenvalue weighted by molar-refractivity contribution is -0.385. The molecule has 3 rings (SSSR count). The summed E-state index contributed by atoms with van der Waals surface area (Å²) < 4.78 is 25.5. The van der Waals surface area contributed by atoms with Gasteiger partial charge in [0.1, 0.15) is 5.82 Å². The molecule has 0 atom stereocenters. The van der Waals surface area contributed by atoms with E-state index in [1.165, 1.54) is 0 Å². The second-order valence-electron chi connectivity index (χ2n) is 8.61. The largest absolute Gasteiger partial charge is 0.306 e. The van der Waals surface area contributed by atoms with Gasteiger partial charge in [-0.2, -0.15) is 5.10 Å². The number of aromatic nitrogens is 2.